The lowest BCUT2D eigenvalue weighted by atomic mass is 9.96. The topological polar surface area (TPSA) is 51.2 Å². The van der Waals surface area contributed by atoms with Crippen molar-refractivity contribution in [2.24, 2.45) is 5.92 Å². The van der Waals surface area contributed by atoms with Crippen LogP contribution in [0.5, 0.6) is 0 Å². The van der Waals surface area contributed by atoms with Gasteiger partial charge in [0.15, 0.2) is 15.6 Å². The molecule has 20 heavy (non-hydrogen) atoms. The van der Waals surface area contributed by atoms with Crippen molar-refractivity contribution in [1.29, 1.82) is 0 Å². The Morgan fingerprint density at radius 3 is 2.55 bits per heavy atom. The average Bonchev–Trinajstić information content (AvgIpc) is 2.77. The molecule has 1 atom stereocenters. The minimum absolute atomic E-state index is 0.0148. The number of rotatable bonds is 3. The van der Waals surface area contributed by atoms with Crippen molar-refractivity contribution in [3.63, 3.8) is 0 Å². The molecule has 1 aliphatic heterocycles. The number of carbonyl (C=O) groups is 1. The van der Waals surface area contributed by atoms with Crippen molar-refractivity contribution in [3.8, 4) is 0 Å². The first-order valence-corrected chi connectivity index (χ1v) is 8.58. The number of hydrogen-bond donors (Lipinski definition) is 0. The van der Waals surface area contributed by atoms with Crippen LogP contribution in [0.1, 0.15) is 23.2 Å². The van der Waals surface area contributed by atoms with Crippen molar-refractivity contribution in [3.05, 3.63) is 48.0 Å². The Labute approximate surface area is 118 Å². The molecule has 104 valence electrons. The van der Waals surface area contributed by atoms with Crippen LogP contribution in [0, 0.1) is 5.92 Å². The summed E-state index contributed by atoms with van der Waals surface area (Å²) in [7, 11) is -2.91. The smallest absolute Gasteiger partial charge is 0.163 e. The van der Waals surface area contributed by atoms with E-state index in [4.69, 9.17) is 0 Å². The molecule has 1 saturated heterocycles. The van der Waals surface area contributed by atoms with Crippen molar-refractivity contribution in [2.45, 2.75) is 12.8 Å². The summed E-state index contributed by atoms with van der Waals surface area (Å²) in [6.45, 7) is 0. The fourth-order valence-corrected chi connectivity index (χ4v) is 4.64. The number of Topliss-reactive ketones (excluding diaryl/α,β-unsaturated/α-hetero) is 1. The quantitative estimate of drug-likeness (QED) is 0.816. The molecule has 2 aromatic rings. The second kappa shape index (κ2) is 5.02. The maximum absolute atomic E-state index is 12.3. The van der Waals surface area contributed by atoms with E-state index in [1.54, 1.807) is 0 Å². The highest BCUT2D eigenvalue weighted by Gasteiger charge is 2.29. The highest BCUT2D eigenvalue weighted by Crippen LogP contribution is 2.24. The summed E-state index contributed by atoms with van der Waals surface area (Å²) >= 11 is 0. The van der Waals surface area contributed by atoms with Gasteiger partial charge >= 0.3 is 0 Å². The van der Waals surface area contributed by atoms with Gasteiger partial charge in [-0.05, 0) is 29.2 Å². The van der Waals surface area contributed by atoms with Crippen molar-refractivity contribution >= 4 is 26.4 Å². The number of carbonyl (C=O) groups excluding carboxylic acids is 1. The third-order valence-corrected chi connectivity index (χ3v) is 5.71. The van der Waals surface area contributed by atoms with Gasteiger partial charge in [0.1, 0.15) is 0 Å². The van der Waals surface area contributed by atoms with Crippen molar-refractivity contribution in [1.82, 2.24) is 0 Å². The number of benzene rings is 2. The molecule has 1 fully saturated rings. The first-order valence-electron chi connectivity index (χ1n) is 6.76. The van der Waals surface area contributed by atoms with E-state index < -0.39 is 9.84 Å². The highest BCUT2D eigenvalue weighted by atomic mass is 32.2. The number of sulfone groups is 1. The van der Waals surface area contributed by atoms with E-state index in [9.17, 15) is 13.2 Å². The van der Waals surface area contributed by atoms with Crippen LogP contribution in [0.3, 0.4) is 0 Å². The van der Waals surface area contributed by atoms with E-state index in [0.717, 1.165) is 10.8 Å². The van der Waals surface area contributed by atoms with Gasteiger partial charge in [0.05, 0.1) is 11.5 Å². The number of fused-ring (bicyclic) bond motifs is 1. The summed E-state index contributed by atoms with van der Waals surface area (Å²) in [5, 5.41) is 2.14. The van der Waals surface area contributed by atoms with Crippen LogP contribution < -0.4 is 0 Å². The Bertz CT molecular complexity index is 762. The Morgan fingerprint density at radius 2 is 1.85 bits per heavy atom. The second-order valence-electron chi connectivity index (χ2n) is 5.46. The summed E-state index contributed by atoms with van der Waals surface area (Å²) in [6.07, 6.45) is 0.944. The van der Waals surface area contributed by atoms with Crippen LogP contribution in [0.2, 0.25) is 0 Å². The zero-order chi connectivity index (χ0) is 14.2. The van der Waals surface area contributed by atoms with Gasteiger partial charge in [-0.15, -0.1) is 0 Å². The maximum atomic E-state index is 12.3. The summed E-state index contributed by atoms with van der Waals surface area (Å²) in [5.74, 6) is 0.409. The Hall–Kier alpha value is -1.68. The van der Waals surface area contributed by atoms with Crippen LogP contribution in [0.15, 0.2) is 42.5 Å². The number of ketones is 1. The molecule has 0 saturated carbocycles. The minimum Gasteiger partial charge on any atom is -0.294 e. The van der Waals surface area contributed by atoms with Gasteiger partial charge in [0.25, 0.3) is 0 Å². The lowest BCUT2D eigenvalue weighted by molar-refractivity contribution is 0.0966. The molecule has 1 unspecified atom stereocenters. The summed E-state index contributed by atoms with van der Waals surface area (Å²) in [4.78, 5) is 12.3. The van der Waals surface area contributed by atoms with E-state index in [2.05, 4.69) is 0 Å². The molecular weight excluding hydrogens is 272 g/mol. The molecule has 1 aliphatic rings. The summed E-state index contributed by atoms with van der Waals surface area (Å²) < 4.78 is 22.8. The van der Waals surface area contributed by atoms with Crippen LogP contribution in [0.4, 0.5) is 0 Å². The molecule has 0 bridgehead atoms. The van der Waals surface area contributed by atoms with Crippen LogP contribution >= 0.6 is 0 Å². The van der Waals surface area contributed by atoms with Gasteiger partial charge in [0, 0.05) is 12.0 Å². The highest BCUT2D eigenvalue weighted by molar-refractivity contribution is 7.91. The van der Waals surface area contributed by atoms with E-state index in [1.165, 1.54) is 0 Å². The van der Waals surface area contributed by atoms with E-state index in [1.807, 2.05) is 42.5 Å². The zero-order valence-corrected chi connectivity index (χ0v) is 11.9. The molecule has 0 aliphatic carbocycles. The molecule has 0 spiro atoms. The largest absolute Gasteiger partial charge is 0.294 e. The SMILES string of the molecule is O=C(CC1CCS(=O)(=O)C1)c1ccc2ccccc2c1. The third-order valence-electron chi connectivity index (χ3n) is 3.87. The second-order valence-corrected chi connectivity index (χ2v) is 7.69. The lowest BCUT2D eigenvalue weighted by Gasteiger charge is -2.07. The third kappa shape index (κ3) is 2.75. The molecular formula is C16H16O3S. The van der Waals surface area contributed by atoms with Gasteiger partial charge in [-0.3, -0.25) is 4.79 Å². The molecule has 4 heteroatoms. The monoisotopic (exact) mass is 288 g/mol. The maximum Gasteiger partial charge on any atom is 0.163 e. The molecule has 0 radical (unpaired) electrons. The summed E-state index contributed by atoms with van der Waals surface area (Å²) in [6, 6.07) is 13.6. The van der Waals surface area contributed by atoms with Gasteiger partial charge in [-0.2, -0.15) is 0 Å². The van der Waals surface area contributed by atoms with E-state index >= 15 is 0 Å². The van der Waals surface area contributed by atoms with E-state index in [0.29, 0.717) is 18.4 Å². The van der Waals surface area contributed by atoms with Crippen LogP contribution in [0.25, 0.3) is 10.8 Å². The average molecular weight is 288 g/mol. The molecule has 1 heterocycles. The van der Waals surface area contributed by atoms with Gasteiger partial charge in [-0.25, -0.2) is 8.42 Å². The predicted molar refractivity (Wildman–Crippen MR) is 79.7 cm³/mol. The van der Waals surface area contributed by atoms with E-state index in [-0.39, 0.29) is 23.2 Å². The Morgan fingerprint density at radius 1 is 1.10 bits per heavy atom. The van der Waals surface area contributed by atoms with Crippen molar-refractivity contribution < 1.29 is 13.2 Å². The number of hydrogen-bond acceptors (Lipinski definition) is 3. The molecule has 0 aromatic heterocycles. The Kier molecular flexibility index (Phi) is 3.34. The predicted octanol–water partition coefficient (Wildman–Crippen LogP) is 2.85. The standard InChI is InChI=1S/C16H16O3S/c17-16(9-12-7-8-20(18,19)11-12)15-6-5-13-3-1-2-4-14(13)10-15/h1-6,10,12H,7-9,11H2. The van der Waals surface area contributed by atoms with Gasteiger partial charge in [-0.1, -0.05) is 36.4 Å². The van der Waals surface area contributed by atoms with Crippen LogP contribution in [-0.4, -0.2) is 25.7 Å². The first-order chi connectivity index (χ1) is 9.53. The molecule has 0 amide bonds. The first kappa shape index (κ1) is 13.3. The van der Waals surface area contributed by atoms with Gasteiger partial charge in [0.2, 0.25) is 0 Å². The molecule has 3 rings (SSSR count). The Balaban J connectivity index is 1.79. The minimum atomic E-state index is -2.91. The molecule has 3 nitrogen and oxygen atoms in total. The molecule has 2 aromatic carbocycles. The van der Waals surface area contributed by atoms with Crippen LogP contribution in [-0.2, 0) is 9.84 Å². The normalized spacial score (nSPS) is 21.1. The zero-order valence-electron chi connectivity index (χ0n) is 11.1. The molecule has 0 N–H and O–H groups in total. The summed E-state index contributed by atoms with van der Waals surface area (Å²) in [5.41, 5.74) is 0.674. The fraction of sp³-hybridized carbons (Fsp3) is 0.312. The lowest BCUT2D eigenvalue weighted by Crippen LogP contribution is -2.10. The van der Waals surface area contributed by atoms with Crippen molar-refractivity contribution in [2.75, 3.05) is 11.5 Å². The van der Waals surface area contributed by atoms with Gasteiger partial charge < -0.3 is 0 Å². The fourth-order valence-electron chi connectivity index (χ4n) is 2.78.